The number of hydrogen-bond donors (Lipinski definition) is 3. The van der Waals surface area contributed by atoms with Crippen molar-refractivity contribution in [2.75, 3.05) is 92.1 Å². The largest absolute Gasteiger partial charge is 0.492 e. The summed E-state index contributed by atoms with van der Waals surface area (Å²) in [4.78, 5) is 41.4. The standard InChI is InChI=1S/C37H53N5O8/c38-13-19-47-22-24-48-23-21-46-18-12-34(43)39-14-20-49-31-8-4-7-30(25-31)36(28-5-2-1-3-6-28)29-9-15-41(16-10-29)37(45)42-17-11-33-32(26-42)40-35(44)27-50-33/h1-8,25,29,32-33,36H,9-24,26-27,38H2,(H,39,43)(H,40,44)/t32-,33+,36?/m1/s1. The van der Waals surface area contributed by atoms with Crippen LogP contribution in [0.5, 0.6) is 5.75 Å². The number of nitrogens with zero attached hydrogens (tertiary/aromatic N) is 2. The molecule has 50 heavy (non-hydrogen) atoms. The molecule has 1 unspecified atom stereocenters. The Hall–Kier alpha value is -3.75. The van der Waals surface area contributed by atoms with Crippen LogP contribution in [0, 0.1) is 5.92 Å². The van der Waals surface area contributed by atoms with Crippen LogP contribution in [0.4, 0.5) is 4.79 Å². The molecule has 0 bridgehead atoms. The van der Waals surface area contributed by atoms with Gasteiger partial charge in [-0.15, -0.1) is 0 Å². The Labute approximate surface area is 295 Å². The Morgan fingerprint density at radius 2 is 1.56 bits per heavy atom. The van der Waals surface area contributed by atoms with Gasteiger partial charge in [0.25, 0.3) is 0 Å². The molecule has 5 rings (SSSR count). The second kappa shape index (κ2) is 20.2. The zero-order chi connectivity index (χ0) is 35.0. The molecule has 3 saturated heterocycles. The first-order valence-corrected chi connectivity index (χ1v) is 17.9. The number of ether oxygens (including phenoxy) is 5. The van der Waals surface area contributed by atoms with Gasteiger partial charge in [-0.05, 0) is 48.4 Å². The summed E-state index contributed by atoms with van der Waals surface area (Å²) in [6.45, 7) is 6.52. The molecule has 3 heterocycles. The molecule has 274 valence electrons. The molecule has 13 nitrogen and oxygen atoms in total. The second-order valence-electron chi connectivity index (χ2n) is 12.9. The van der Waals surface area contributed by atoms with Crippen LogP contribution in [-0.2, 0) is 28.5 Å². The van der Waals surface area contributed by atoms with Gasteiger partial charge in [0.2, 0.25) is 11.8 Å². The number of urea groups is 1. The van der Waals surface area contributed by atoms with E-state index in [1.165, 1.54) is 11.1 Å². The van der Waals surface area contributed by atoms with E-state index < -0.39 is 0 Å². The third kappa shape index (κ3) is 11.4. The number of fused-ring (bicyclic) bond motifs is 1. The van der Waals surface area contributed by atoms with E-state index in [1.54, 1.807) is 0 Å². The van der Waals surface area contributed by atoms with Gasteiger partial charge >= 0.3 is 6.03 Å². The maximum atomic E-state index is 13.5. The topological polar surface area (TPSA) is 154 Å². The monoisotopic (exact) mass is 695 g/mol. The van der Waals surface area contributed by atoms with Crippen molar-refractivity contribution < 1.29 is 38.1 Å². The average molecular weight is 696 g/mol. The quantitative estimate of drug-likeness (QED) is 0.199. The van der Waals surface area contributed by atoms with E-state index in [-0.39, 0.29) is 48.9 Å². The zero-order valence-electron chi connectivity index (χ0n) is 29.0. The maximum Gasteiger partial charge on any atom is 0.320 e. The van der Waals surface area contributed by atoms with Crippen molar-refractivity contribution in [1.82, 2.24) is 20.4 Å². The normalized spacial score (nSPS) is 20.1. The summed E-state index contributed by atoms with van der Waals surface area (Å²) in [5, 5.41) is 5.88. The van der Waals surface area contributed by atoms with Crippen molar-refractivity contribution in [3.05, 3.63) is 65.7 Å². The lowest BCUT2D eigenvalue weighted by molar-refractivity contribution is -0.139. The number of nitrogens with two attached hydrogens (primary N) is 1. The van der Waals surface area contributed by atoms with E-state index in [0.29, 0.717) is 91.4 Å². The fraction of sp³-hybridized carbons (Fsp3) is 0.595. The van der Waals surface area contributed by atoms with Crippen molar-refractivity contribution in [3.63, 3.8) is 0 Å². The number of piperidine rings is 2. The van der Waals surface area contributed by atoms with Gasteiger partial charge in [-0.1, -0.05) is 42.5 Å². The highest BCUT2D eigenvalue weighted by atomic mass is 16.5. The predicted molar refractivity (Wildman–Crippen MR) is 187 cm³/mol. The zero-order valence-corrected chi connectivity index (χ0v) is 29.0. The number of carbonyl (C=O) groups is 3. The second-order valence-corrected chi connectivity index (χ2v) is 12.9. The molecule has 0 saturated carbocycles. The molecule has 0 aliphatic carbocycles. The van der Waals surface area contributed by atoms with Gasteiger partial charge in [-0.25, -0.2) is 4.79 Å². The highest BCUT2D eigenvalue weighted by Crippen LogP contribution is 2.39. The smallest absolute Gasteiger partial charge is 0.320 e. The van der Waals surface area contributed by atoms with Crippen LogP contribution in [0.1, 0.15) is 42.7 Å². The fourth-order valence-corrected chi connectivity index (χ4v) is 6.93. The van der Waals surface area contributed by atoms with Crippen LogP contribution >= 0.6 is 0 Å². The molecular formula is C37H53N5O8. The van der Waals surface area contributed by atoms with Crippen LogP contribution in [0.2, 0.25) is 0 Å². The third-order valence-corrected chi connectivity index (χ3v) is 9.42. The van der Waals surface area contributed by atoms with Gasteiger partial charge < -0.3 is 49.9 Å². The van der Waals surface area contributed by atoms with Gasteiger partial charge in [0.1, 0.15) is 19.0 Å². The summed E-state index contributed by atoms with van der Waals surface area (Å²) >= 11 is 0. The van der Waals surface area contributed by atoms with E-state index in [2.05, 4.69) is 47.0 Å². The summed E-state index contributed by atoms with van der Waals surface area (Å²) in [6.07, 6.45) is 2.73. The summed E-state index contributed by atoms with van der Waals surface area (Å²) in [7, 11) is 0. The van der Waals surface area contributed by atoms with Crippen LogP contribution in [0.3, 0.4) is 0 Å². The van der Waals surface area contributed by atoms with Gasteiger partial charge in [-0.2, -0.15) is 0 Å². The number of likely N-dealkylation sites (tertiary alicyclic amines) is 2. The molecule has 0 spiro atoms. The van der Waals surface area contributed by atoms with Crippen molar-refractivity contribution in [2.24, 2.45) is 11.7 Å². The van der Waals surface area contributed by atoms with Gasteiger partial charge in [0, 0.05) is 45.1 Å². The number of carbonyl (C=O) groups excluding carboxylic acids is 3. The first kappa shape index (κ1) is 37.5. The number of amides is 4. The molecular weight excluding hydrogens is 642 g/mol. The van der Waals surface area contributed by atoms with Crippen LogP contribution in [0.25, 0.3) is 0 Å². The molecule has 0 radical (unpaired) electrons. The minimum absolute atomic E-state index is 0.0205. The van der Waals surface area contributed by atoms with Crippen LogP contribution in [-0.4, -0.2) is 132 Å². The Morgan fingerprint density at radius 1 is 0.860 bits per heavy atom. The summed E-state index contributed by atoms with van der Waals surface area (Å²) in [5.41, 5.74) is 7.77. The SMILES string of the molecule is NCCOCCOCCOCCC(=O)NCCOc1cccc(C(c2ccccc2)C2CCN(C(=O)N3CC[C@@H]4OCC(=O)N[C@@H]4C3)CC2)c1. The highest BCUT2D eigenvalue weighted by Gasteiger charge is 2.38. The summed E-state index contributed by atoms with van der Waals surface area (Å²) in [6, 6.07) is 18.6. The fourth-order valence-electron chi connectivity index (χ4n) is 6.93. The molecule has 0 aromatic heterocycles. The number of benzene rings is 2. The first-order valence-electron chi connectivity index (χ1n) is 17.9. The van der Waals surface area contributed by atoms with Crippen molar-refractivity contribution in [2.45, 2.75) is 43.7 Å². The Balaban J connectivity index is 1.05. The number of rotatable bonds is 18. The van der Waals surface area contributed by atoms with Crippen molar-refractivity contribution in [3.8, 4) is 5.75 Å². The van der Waals surface area contributed by atoms with E-state index in [0.717, 1.165) is 25.0 Å². The minimum Gasteiger partial charge on any atom is -0.492 e. The number of hydrogen-bond acceptors (Lipinski definition) is 9. The number of nitrogens with one attached hydrogen (secondary N) is 2. The number of morpholine rings is 1. The molecule has 13 heteroatoms. The molecule has 3 aliphatic heterocycles. The molecule has 4 N–H and O–H groups in total. The first-order chi connectivity index (χ1) is 24.5. The van der Waals surface area contributed by atoms with Gasteiger partial charge in [0.05, 0.1) is 58.3 Å². The Kier molecular flexibility index (Phi) is 15.1. The summed E-state index contributed by atoms with van der Waals surface area (Å²) in [5.74, 6) is 1.04. The van der Waals surface area contributed by atoms with Gasteiger partial charge in [-0.3, -0.25) is 9.59 Å². The lowest BCUT2D eigenvalue weighted by Gasteiger charge is -2.44. The molecule has 3 atom stereocenters. The van der Waals surface area contributed by atoms with Crippen LogP contribution < -0.4 is 21.1 Å². The highest BCUT2D eigenvalue weighted by molar-refractivity contribution is 5.79. The van der Waals surface area contributed by atoms with Crippen molar-refractivity contribution in [1.29, 1.82) is 0 Å². The average Bonchev–Trinajstić information content (AvgIpc) is 3.14. The third-order valence-electron chi connectivity index (χ3n) is 9.42. The molecule has 3 fully saturated rings. The van der Waals surface area contributed by atoms with E-state index in [4.69, 9.17) is 29.4 Å². The lowest BCUT2D eigenvalue weighted by atomic mass is 9.76. The molecule has 2 aromatic carbocycles. The van der Waals surface area contributed by atoms with Crippen LogP contribution in [0.15, 0.2) is 54.6 Å². The predicted octanol–water partition coefficient (Wildman–Crippen LogP) is 2.13. The molecule has 2 aromatic rings. The Morgan fingerprint density at radius 3 is 2.32 bits per heavy atom. The molecule has 4 amide bonds. The Bertz CT molecular complexity index is 1340. The minimum atomic E-state index is -0.145. The lowest BCUT2D eigenvalue weighted by Crippen LogP contribution is -2.62. The van der Waals surface area contributed by atoms with E-state index in [1.807, 2.05) is 28.0 Å². The van der Waals surface area contributed by atoms with E-state index in [9.17, 15) is 14.4 Å². The van der Waals surface area contributed by atoms with E-state index >= 15 is 0 Å². The summed E-state index contributed by atoms with van der Waals surface area (Å²) < 4.78 is 27.9. The molecule has 3 aliphatic rings. The maximum absolute atomic E-state index is 13.5. The van der Waals surface area contributed by atoms with Gasteiger partial charge in [0.15, 0.2) is 0 Å². The van der Waals surface area contributed by atoms with Crippen molar-refractivity contribution >= 4 is 17.8 Å².